The number of sulfone groups is 1. The van der Waals surface area contributed by atoms with Crippen molar-refractivity contribution in [2.45, 2.75) is 44.8 Å². The average Bonchev–Trinajstić information content (AvgIpc) is 3.30. The standard InChI is InChI=1S/C20H28N4O3S2/c1-4-15-5-7-16(8-6-15)19-21-20(23-22-19)28-12-18(25)24(11-14(2)3)17-9-10-29(26,27)13-17/h5-8,14,17H,4,9-13H2,1-3H3,(H,21,22,23)/t17-/m0/s1. The third kappa shape index (κ3) is 5.82. The molecule has 1 aromatic carbocycles. The molecule has 1 saturated heterocycles. The highest BCUT2D eigenvalue weighted by molar-refractivity contribution is 7.99. The number of hydrogen-bond acceptors (Lipinski definition) is 6. The maximum atomic E-state index is 12.8. The lowest BCUT2D eigenvalue weighted by Crippen LogP contribution is -2.44. The van der Waals surface area contributed by atoms with Gasteiger partial charge in [-0.25, -0.2) is 13.4 Å². The SMILES string of the molecule is CCc1ccc(-c2nc(SCC(=O)N(CC(C)C)[C@H]3CCS(=O)(=O)C3)n[nH]2)cc1. The van der Waals surface area contributed by atoms with E-state index in [0.717, 1.165) is 12.0 Å². The molecule has 0 aliphatic carbocycles. The number of benzene rings is 1. The van der Waals surface area contributed by atoms with Gasteiger partial charge < -0.3 is 4.90 Å². The highest BCUT2D eigenvalue weighted by atomic mass is 32.2. The fraction of sp³-hybridized carbons (Fsp3) is 0.550. The second-order valence-electron chi connectivity index (χ2n) is 7.80. The molecule has 1 fully saturated rings. The van der Waals surface area contributed by atoms with Gasteiger partial charge >= 0.3 is 0 Å². The Morgan fingerprint density at radius 3 is 2.62 bits per heavy atom. The molecule has 1 aromatic heterocycles. The number of carbonyl (C=O) groups excluding carboxylic acids is 1. The van der Waals surface area contributed by atoms with Crippen molar-refractivity contribution in [2.75, 3.05) is 23.8 Å². The third-order valence-corrected chi connectivity index (χ3v) is 7.54. The number of hydrogen-bond donors (Lipinski definition) is 1. The average molecular weight is 437 g/mol. The maximum absolute atomic E-state index is 12.8. The Morgan fingerprint density at radius 2 is 2.03 bits per heavy atom. The lowest BCUT2D eigenvalue weighted by molar-refractivity contribution is -0.130. The molecule has 0 spiro atoms. The first kappa shape index (κ1) is 21.8. The van der Waals surface area contributed by atoms with Gasteiger partial charge in [-0.05, 0) is 24.3 Å². The smallest absolute Gasteiger partial charge is 0.233 e. The number of H-pyrrole nitrogens is 1. The van der Waals surface area contributed by atoms with Gasteiger partial charge in [-0.1, -0.05) is 56.8 Å². The number of nitrogens with zero attached hydrogens (tertiary/aromatic N) is 3. The van der Waals surface area contributed by atoms with E-state index in [1.54, 1.807) is 4.90 Å². The zero-order valence-corrected chi connectivity index (χ0v) is 18.7. The molecule has 1 N–H and O–H groups in total. The second-order valence-corrected chi connectivity index (χ2v) is 11.0. The van der Waals surface area contributed by atoms with Gasteiger partial charge in [-0.2, -0.15) is 0 Å². The van der Waals surface area contributed by atoms with E-state index < -0.39 is 9.84 Å². The van der Waals surface area contributed by atoms with Gasteiger partial charge in [0.1, 0.15) is 0 Å². The highest BCUT2D eigenvalue weighted by Crippen LogP contribution is 2.23. The van der Waals surface area contributed by atoms with Crippen molar-refractivity contribution in [1.29, 1.82) is 0 Å². The van der Waals surface area contributed by atoms with Gasteiger partial charge in [0.05, 0.1) is 17.3 Å². The molecule has 2 aromatic rings. The molecular weight excluding hydrogens is 408 g/mol. The van der Waals surface area contributed by atoms with E-state index in [1.807, 2.05) is 26.0 Å². The first-order valence-electron chi connectivity index (χ1n) is 9.92. The van der Waals surface area contributed by atoms with E-state index in [0.29, 0.717) is 23.9 Å². The molecule has 0 bridgehead atoms. The number of thioether (sulfide) groups is 1. The lowest BCUT2D eigenvalue weighted by Gasteiger charge is -2.29. The van der Waals surface area contributed by atoms with Crippen LogP contribution in [0.15, 0.2) is 29.4 Å². The van der Waals surface area contributed by atoms with E-state index >= 15 is 0 Å². The van der Waals surface area contributed by atoms with E-state index in [9.17, 15) is 13.2 Å². The van der Waals surface area contributed by atoms with Crippen LogP contribution in [0.1, 0.15) is 32.8 Å². The first-order valence-corrected chi connectivity index (χ1v) is 12.7. The largest absolute Gasteiger partial charge is 0.338 e. The molecule has 7 nitrogen and oxygen atoms in total. The minimum absolute atomic E-state index is 0.0642. The van der Waals surface area contributed by atoms with Gasteiger partial charge in [0, 0.05) is 18.2 Å². The van der Waals surface area contributed by atoms with Crippen molar-refractivity contribution in [3.05, 3.63) is 29.8 Å². The third-order valence-electron chi connectivity index (χ3n) is 4.96. The predicted octanol–water partition coefficient (Wildman–Crippen LogP) is 2.80. The van der Waals surface area contributed by atoms with Crippen LogP contribution in [-0.2, 0) is 21.1 Å². The van der Waals surface area contributed by atoms with E-state index in [2.05, 4.69) is 34.2 Å². The molecule has 1 aliphatic heterocycles. The van der Waals surface area contributed by atoms with E-state index in [1.165, 1.54) is 17.3 Å². The van der Waals surface area contributed by atoms with Gasteiger partial charge in [0.15, 0.2) is 15.7 Å². The van der Waals surface area contributed by atoms with Gasteiger partial charge in [0.2, 0.25) is 11.1 Å². The molecule has 158 valence electrons. The summed E-state index contributed by atoms with van der Waals surface area (Å²) in [5.41, 5.74) is 2.21. The van der Waals surface area contributed by atoms with E-state index in [4.69, 9.17) is 0 Å². The van der Waals surface area contributed by atoms with Crippen LogP contribution in [-0.4, -0.2) is 64.3 Å². The van der Waals surface area contributed by atoms with Crippen LogP contribution in [0.4, 0.5) is 0 Å². The molecule has 0 saturated carbocycles. The van der Waals surface area contributed by atoms with Gasteiger partial charge in [-0.15, -0.1) is 5.10 Å². The Balaban J connectivity index is 1.63. The van der Waals surface area contributed by atoms with Crippen LogP contribution < -0.4 is 0 Å². The van der Waals surface area contributed by atoms with Gasteiger partial charge in [0.25, 0.3) is 0 Å². The molecule has 3 rings (SSSR count). The second kappa shape index (κ2) is 9.30. The summed E-state index contributed by atoms with van der Waals surface area (Å²) in [5, 5.41) is 7.64. The molecule has 0 unspecified atom stereocenters. The minimum atomic E-state index is -3.04. The van der Waals surface area contributed by atoms with Crippen molar-refractivity contribution in [3.63, 3.8) is 0 Å². The van der Waals surface area contributed by atoms with Crippen LogP contribution in [0.25, 0.3) is 11.4 Å². The number of rotatable bonds is 8. The summed E-state index contributed by atoms with van der Waals surface area (Å²) >= 11 is 1.27. The number of aryl methyl sites for hydroxylation is 1. The molecular formula is C20H28N4O3S2. The van der Waals surface area contributed by atoms with Crippen molar-refractivity contribution < 1.29 is 13.2 Å². The maximum Gasteiger partial charge on any atom is 0.233 e. The Bertz CT molecular complexity index is 939. The molecule has 29 heavy (non-hydrogen) atoms. The highest BCUT2D eigenvalue weighted by Gasteiger charge is 2.34. The summed E-state index contributed by atoms with van der Waals surface area (Å²) in [4.78, 5) is 19.1. The Kier molecular flexibility index (Phi) is 7.00. The number of carbonyl (C=O) groups is 1. The van der Waals surface area contributed by atoms with Crippen LogP contribution in [0.5, 0.6) is 0 Å². The number of nitrogens with one attached hydrogen (secondary N) is 1. The van der Waals surface area contributed by atoms with Crippen LogP contribution >= 0.6 is 11.8 Å². The molecule has 1 atom stereocenters. The zero-order chi connectivity index (χ0) is 21.0. The minimum Gasteiger partial charge on any atom is -0.338 e. The molecule has 1 aliphatic rings. The summed E-state index contributed by atoms with van der Waals surface area (Å²) in [5.74, 6) is 1.29. The summed E-state index contributed by atoms with van der Waals surface area (Å²) in [7, 11) is -3.04. The topological polar surface area (TPSA) is 96.0 Å². The number of aromatic nitrogens is 3. The summed E-state index contributed by atoms with van der Waals surface area (Å²) in [6.45, 7) is 6.73. The van der Waals surface area contributed by atoms with E-state index in [-0.39, 0.29) is 35.1 Å². The fourth-order valence-corrected chi connectivity index (χ4v) is 5.83. The molecule has 1 amide bonds. The summed E-state index contributed by atoms with van der Waals surface area (Å²) in [6.07, 6.45) is 1.50. The molecule has 9 heteroatoms. The van der Waals surface area contributed by atoms with Crippen molar-refractivity contribution in [1.82, 2.24) is 20.1 Å². The Hall–Kier alpha value is -1.87. The summed E-state index contributed by atoms with van der Waals surface area (Å²) < 4.78 is 23.7. The Morgan fingerprint density at radius 1 is 1.31 bits per heavy atom. The Labute approximate surface area is 176 Å². The number of amides is 1. The fourth-order valence-electron chi connectivity index (χ4n) is 3.42. The zero-order valence-electron chi connectivity index (χ0n) is 17.1. The predicted molar refractivity (Wildman–Crippen MR) is 116 cm³/mol. The monoisotopic (exact) mass is 436 g/mol. The van der Waals surface area contributed by atoms with Crippen molar-refractivity contribution in [3.8, 4) is 11.4 Å². The molecule has 0 radical (unpaired) electrons. The normalized spacial score (nSPS) is 18.3. The number of aromatic amines is 1. The van der Waals surface area contributed by atoms with Crippen LogP contribution in [0.2, 0.25) is 0 Å². The van der Waals surface area contributed by atoms with Crippen molar-refractivity contribution >= 4 is 27.5 Å². The van der Waals surface area contributed by atoms with Crippen LogP contribution in [0, 0.1) is 5.92 Å². The molecule has 2 heterocycles. The lowest BCUT2D eigenvalue weighted by atomic mass is 10.1. The van der Waals surface area contributed by atoms with Crippen molar-refractivity contribution in [2.24, 2.45) is 5.92 Å². The summed E-state index contributed by atoms with van der Waals surface area (Å²) in [6, 6.07) is 7.91. The van der Waals surface area contributed by atoms with Crippen LogP contribution in [0.3, 0.4) is 0 Å². The quantitative estimate of drug-likeness (QED) is 0.639. The first-order chi connectivity index (χ1) is 13.8. The van der Waals surface area contributed by atoms with Gasteiger partial charge in [-0.3, -0.25) is 9.89 Å².